The number of pyridine rings is 1. The van der Waals surface area contributed by atoms with Gasteiger partial charge in [-0.2, -0.15) is 5.26 Å². The van der Waals surface area contributed by atoms with Crippen LogP contribution in [0.15, 0.2) is 6.20 Å². The molecular weight excluding hydrogens is 339 g/mol. The predicted molar refractivity (Wildman–Crippen MR) is 57.8 cm³/mol. The third-order valence-corrected chi connectivity index (χ3v) is 2.69. The zero-order valence-corrected chi connectivity index (χ0v) is 10.7. The Bertz CT molecular complexity index is 498. The molecule has 0 aliphatic heterocycles. The monoisotopic (exact) mass is 344 g/mol. The summed E-state index contributed by atoms with van der Waals surface area (Å²) in [6.07, 6.45) is -7.80. The molecule has 0 fully saturated rings. The topological polar surface area (TPSA) is 45.9 Å². The smallest absolute Gasteiger partial charge is 0.388 e. The van der Waals surface area contributed by atoms with Crippen molar-refractivity contribution in [3.63, 3.8) is 0 Å². The minimum Gasteiger partial charge on any atom is -0.388 e. The van der Waals surface area contributed by atoms with Crippen molar-refractivity contribution in [1.29, 1.82) is 5.26 Å². The van der Waals surface area contributed by atoms with Gasteiger partial charge in [0.15, 0.2) is 0 Å². The predicted octanol–water partition coefficient (Wildman–Crippen LogP) is 3.88. The quantitative estimate of drug-likeness (QED) is 0.615. The maximum atomic E-state index is 12.7. The summed E-state index contributed by atoms with van der Waals surface area (Å²) >= 11 is 2.88. The Hall–Kier alpha value is -1.43. The van der Waals surface area contributed by atoms with Crippen LogP contribution in [0.4, 0.5) is 22.0 Å². The first-order chi connectivity index (χ1) is 8.80. The molecule has 0 radical (unpaired) electrons. The highest BCUT2D eigenvalue weighted by Gasteiger charge is 2.34. The molecular formula is C10H6BrF5N2O. The van der Waals surface area contributed by atoms with Crippen molar-refractivity contribution in [3.8, 4) is 11.9 Å². The van der Waals surface area contributed by atoms with Crippen LogP contribution in [0.5, 0.6) is 5.88 Å². The third-order valence-electron chi connectivity index (χ3n) is 2.13. The second-order valence-corrected chi connectivity index (χ2v) is 3.85. The van der Waals surface area contributed by atoms with E-state index >= 15 is 0 Å². The summed E-state index contributed by atoms with van der Waals surface area (Å²) in [6.45, 7) is 0. The maximum absolute atomic E-state index is 12.7. The number of aromatic nitrogens is 1. The number of ether oxygens (including phenoxy) is 1. The molecule has 0 aliphatic carbocycles. The normalized spacial score (nSPS) is 11.5. The molecule has 0 saturated carbocycles. The fraction of sp³-hybridized carbons (Fsp3) is 0.400. The van der Waals surface area contributed by atoms with Crippen LogP contribution >= 0.6 is 15.9 Å². The van der Waals surface area contributed by atoms with E-state index in [4.69, 9.17) is 5.26 Å². The van der Waals surface area contributed by atoms with Gasteiger partial charge in [-0.3, -0.25) is 0 Å². The number of nitriles is 1. The van der Waals surface area contributed by atoms with Gasteiger partial charge in [-0.15, -0.1) is 13.2 Å². The summed E-state index contributed by atoms with van der Waals surface area (Å²) in [5, 5.41) is 8.38. The zero-order valence-electron chi connectivity index (χ0n) is 9.14. The molecule has 0 spiro atoms. The molecule has 9 heteroatoms. The van der Waals surface area contributed by atoms with E-state index in [-0.39, 0.29) is 16.5 Å². The highest BCUT2D eigenvalue weighted by Crippen LogP contribution is 2.33. The molecule has 3 nitrogen and oxygen atoms in total. The minimum absolute atomic E-state index is 0.191. The van der Waals surface area contributed by atoms with Gasteiger partial charge in [0, 0.05) is 22.7 Å². The van der Waals surface area contributed by atoms with Crippen LogP contribution in [0, 0.1) is 11.3 Å². The number of halogens is 6. The van der Waals surface area contributed by atoms with Gasteiger partial charge in [0.25, 0.3) is 6.43 Å². The SMILES string of the molecule is N#CCc1c(C(F)F)cnc(OC(F)(F)F)c1CBr. The fourth-order valence-electron chi connectivity index (χ4n) is 1.40. The van der Waals surface area contributed by atoms with Crippen molar-refractivity contribution in [1.82, 2.24) is 4.98 Å². The van der Waals surface area contributed by atoms with Crippen molar-refractivity contribution in [2.24, 2.45) is 0 Å². The molecule has 1 heterocycles. The van der Waals surface area contributed by atoms with E-state index in [0.29, 0.717) is 6.20 Å². The molecule has 0 amide bonds. The van der Waals surface area contributed by atoms with Crippen LogP contribution in [-0.2, 0) is 11.8 Å². The first kappa shape index (κ1) is 15.6. The molecule has 19 heavy (non-hydrogen) atoms. The van der Waals surface area contributed by atoms with E-state index in [1.807, 2.05) is 0 Å². The average Bonchev–Trinajstić information content (AvgIpc) is 2.27. The molecule has 1 aromatic heterocycles. The molecule has 0 bridgehead atoms. The third kappa shape index (κ3) is 4.02. The van der Waals surface area contributed by atoms with Crippen LogP contribution < -0.4 is 4.74 Å². The van der Waals surface area contributed by atoms with Gasteiger partial charge in [-0.25, -0.2) is 13.8 Å². The molecule has 104 valence electrons. The van der Waals surface area contributed by atoms with Crippen molar-refractivity contribution in [2.45, 2.75) is 24.5 Å². The molecule has 0 aliphatic rings. The second kappa shape index (κ2) is 6.14. The number of rotatable bonds is 4. The molecule has 0 N–H and O–H groups in total. The van der Waals surface area contributed by atoms with Gasteiger partial charge in [0.2, 0.25) is 5.88 Å². The van der Waals surface area contributed by atoms with Crippen LogP contribution in [-0.4, -0.2) is 11.3 Å². The van der Waals surface area contributed by atoms with Gasteiger partial charge in [0.05, 0.1) is 12.5 Å². The number of hydrogen-bond donors (Lipinski definition) is 0. The van der Waals surface area contributed by atoms with E-state index < -0.39 is 30.7 Å². The Morgan fingerprint density at radius 1 is 1.37 bits per heavy atom. The first-order valence-electron chi connectivity index (χ1n) is 4.77. The maximum Gasteiger partial charge on any atom is 0.574 e. The van der Waals surface area contributed by atoms with Gasteiger partial charge in [-0.1, -0.05) is 15.9 Å². The van der Waals surface area contributed by atoms with E-state index in [2.05, 4.69) is 25.7 Å². The van der Waals surface area contributed by atoms with E-state index in [9.17, 15) is 22.0 Å². The van der Waals surface area contributed by atoms with Gasteiger partial charge < -0.3 is 4.74 Å². The van der Waals surface area contributed by atoms with E-state index in [1.54, 1.807) is 6.07 Å². The average molecular weight is 345 g/mol. The van der Waals surface area contributed by atoms with Gasteiger partial charge in [0.1, 0.15) is 0 Å². The van der Waals surface area contributed by atoms with Crippen LogP contribution in [0.1, 0.15) is 23.1 Å². The summed E-state index contributed by atoms with van der Waals surface area (Å²) in [6, 6.07) is 1.63. The molecule has 0 unspecified atom stereocenters. The fourth-order valence-corrected chi connectivity index (χ4v) is 1.98. The minimum atomic E-state index is -4.99. The standard InChI is InChI=1S/C10H6BrF5N2O/c11-3-6-5(1-2-17)7(8(12)13)4-18-9(6)19-10(14,15)16/h4,8H,1,3H2. The lowest BCUT2D eigenvalue weighted by Gasteiger charge is -2.15. The van der Waals surface area contributed by atoms with Gasteiger partial charge in [-0.05, 0) is 5.56 Å². The Labute approximate surface area is 113 Å². The zero-order chi connectivity index (χ0) is 14.6. The first-order valence-corrected chi connectivity index (χ1v) is 5.89. The summed E-state index contributed by atoms with van der Waals surface area (Å²) in [7, 11) is 0. The molecule has 0 atom stereocenters. The summed E-state index contributed by atoms with van der Waals surface area (Å²) in [4.78, 5) is 3.24. The Morgan fingerprint density at radius 3 is 2.42 bits per heavy atom. The lowest BCUT2D eigenvalue weighted by Crippen LogP contribution is -2.20. The van der Waals surface area contributed by atoms with Crippen LogP contribution in [0.3, 0.4) is 0 Å². The lowest BCUT2D eigenvalue weighted by atomic mass is 10.0. The Morgan fingerprint density at radius 2 is 2.00 bits per heavy atom. The van der Waals surface area contributed by atoms with Crippen molar-refractivity contribution < 1.29 is 26.7 Å². The second-order valence-electron chi connectivity index (χ2n) is 3.29. The van der Waals surface area contributed by atoms with Crippen molar-refractivity contribution in [3.05, 3.63) is 22.9 Å². The Kier molecular flexibility index (Phi) is 5.05. The van der Waals surface area contributed by atoms with Crippen molar-refractivity contribution >= 4 is 15.9 Å². The molecule has 0 saturated heterocycles. The lowest BCUT2D eigenvalue weighted by molar-refractivity contribution is -0.276. The summed E-state index contributed by atoms with van der Waals surface area (Å²) in [5.74, 6) is -0.834. The van der Waals surface area contributed by atoms with Crippen LogP contribution in [0.2, 0.25) is 0 Å². The van der Waals surface area contributed by atoms with Gasteiger partial charge >= 0.3 is 6.36 Å². The molecule has 1 rings (SSSR count). The summed E-state index contributed by atoms with van der Waals surface area (Å²) < 4.78 is 65.5. The highest BCUT2D eigenvalue weighted by atomic mass is 79.9. The molecule has 0 aromatic carbocycles. The van der Waals surface area contributed by atoms with E-state index in [0.717, 1.165) is 0 Å². The number of alkyl halides is 6. The van der Waals surface area contributed by atoms with Crippen LogP contribution in [0.25, 0.3) is 0 Å². The van der Waals surface area contributed by atoms with Crippen molar-refractivity contribution in [2.75, 3.05) is 0 Å². The molecule has 1 aromatic rings. The summed E-state index contributed by atoms with van der Waals surface area (Å²) in [5.41, 5.74) is -0.995. The Balaban J connectivity index is 3.37. The largest absolute Gasteiger partial charge is 0.574 e. The highest BCUT2D eigenvalue weighted by molar-refractivity contribution is 9.08. The number of nitrogens with zero attached hydrogens (tertiary/aromatic N) is 2. The number of hydrogen-bond acceptors (Lipinski definition) is 3. The van der Waals surface area contributed by atoms with E-state index in [1.165, 1.54) is 0 Å².